The van der Waals surface area contributed by atoms with Gasteiger partial charge in [0.1, 0.15) is 11.5 Å². The highest BCUT2D eigenvalue weighted by Crippen LogP contribution is 2.74. The van der Waals surface area contributed by atoms with Crippen molar-refractivity contribution in [3.05, 3.63) is 23.3 Å². The van der Waals surface area contributed by atoms with Gasteiger partial charge in [0.2, 0.25) is 5.91 Å². The maximum atomic E-state index is 14.5. The fourth-order valence-corrected chi connectivity index (χ4v) is 10.4. The molecule has 0 aliphatic heterocycles. The molecule has 7 heteroatoms. The molecule has 0 spiro atoms. The van der Waals surface area contributed by atoms with Gasteiger partial charge in [0, 0.05) is 18.4 Å². The summed E-state index contributed by atoms with van der Waals surface area (Å²) >= 11 is 0. The first kappa shape index (κ1) is 28.8. The van der Waals surface area contributed by atoms with Gasteiger partial charge in [-0.1, -0.05) is 46.3 Å². The van der Waals surface area contributed by atoms with Crippen LogP contribution >= 0.6 is 0 Å². The van der Waals surface area contributed by atoms with E-state index in [0.717, 1.165) is 31.3 Å². The van der Waals surface area contributed by atoms with Crippen molar-refractivity contribution in [2.24, 2.45) is 50.2 Å². The number of methoxy groups -OCH3 is 1. The molecule has 40 heavy (non-hydrogen) atoms. The molecule has 216 valence electrons. The number of rotatable bonds is 2. The number of esters is 1. The zero-order valence-electron chi connectivity index (χ0n) is 25.3. The van der Waals surface area contributed by atoms with Gasteiger partial charge < -0.3 is 10.1 Å². The molecule has 0 aromatic heterocycles. The Balaban J connectivity index is 1.72. The van der Waals surface area contributed by atoms with Crippen molar-refractivity contribution in [2.75, 3.05) is 14.2 Å². The molecule has 3 saturated carbocycles. The van der Waals surface area contributed by atoms with Crippen molar-refractivity contribution in [3.8, 4) is 6.07 Å². The van der Waals surface area contributed by atoms with Crippen molar-refractivity contribution >= 4 is 23.4 Å². The van der Waals surface area contributed by atoms with Gasteiger partial charge in [0.15, 0.2) is 11.6 Å². The van der Waals surface area contributed by atoms with E-state index in [-0.39, 0.29) is 40.5 Å². The second-order valence-electron chi connectivity index (χ2n) is 15.0. The van der Waals surface area contributed by atoms with Crippen LogP contribution in [-0.2, 0) is 23.9 Å². The summed E-state index contributed by atoms with van der Waals surface area (Å²) in [6.45, 7) is 12.6. The first-order valence-electron chi connectivity index (χ1n) is 14.8. The van der Waals surface area contributed by atoms with Gasteiger partial charge in [-0.05, 0) is 86.0 Å². The van der Waals surface area contributed by atoms with Gasteiger partial charge >= 0.3 is 5.97 Å². The minimum Gasteiger partial charge on any atom is -0.469 e. The fourth-order valence-electron chi connectivity index (χ4n) is 10.4. The summed E-state index contributed by atoms with van der Waals surface area (Å²) < 4.78 is 5.40. The average Bonchev–Trinajstić information content (AvgIpc) is 2.90. The SMILES string of the molecule is CNC(=O)[C@]1(C)C(=O)C(C#N)=C[C@]2(C)C3=CC(=O)[C@@H]4[C@@H]5CC(C)(C)CC[C@]5(C(=O)OC)CC[C@@]4(C)[C@]3(C)CC[C@@H]12. The van der Waals surface area contributed by atoms with Crippen LogP contribution in [-0.4, -0.2) is 37.6 Å². The Morgan fingerprint density at radius 1 is 1.02 bits per heavy atom. The second kappa shape index (κ2) is 8.63. The highest BCUT2D eigenvalue weighted by atomic mass is 16.5. The van der Waals surface area contributed by atoms with Crippen LogP contribution < -0.4 is 5.32 Å². The Hall–Kier alpha value is -2.75. The summed E-state index contributed by atoms with van der Waals surface area (Å²) in [6, 6.07) is 2.07. The molecule has 7 nitrogen and oxygen atoms in total. The number of nitriles is 1. The molecular formula is C33H44N2O5. The standard InChI is InChI=1S/C33H44N2O5/c1-28(2)11-13-33(27(39)40-8)14-12-31(5)24(20(33)17-28)21(36)15-23-29(3)16-19(18-34)25(37)32(6,26(38)35-7)22(29)9-10-30(23,31)4/h15-16,20,22,24H,9-14,17H2,1-8H3,(H,35,38)/t20-,22+,24-,29-,30+,31+,32-,33-/m0/s1. The van der Waals surface area contributed by atoms with E-state index < -0.39 is 38.8 Å². The van der Waals surface area contributed by atoms with Gasteiger partial charge in [-0.3, -0.25) is 19.2 Å². The molecule has 0 bridgehead atoms. The predicted molar refractivity (Wildman–Crippen MR) is 149 cm³/mol. The number of hydrogen-bond acceptors (Lipinski definition) is 6. The van der Waals surface area contributed by atoms with Crippen molar-refractivity contribution in [2.45, 2.75) is 86.5 Å². The molecule has 5 aliphatic rings. The third-order valence-corrected chi connectivity index (χ3v) is 12.9. The molecule has 0 saturated heterocycles. The third-order valence-electron chi connectivity index (χ3n) is 12.9. The maximum absolute atomic E-state index is 14.5. The number of ketones is 2. The van der Waals surface area contributed by atoms with Gasteiger partial charge in [-0.15, -0.1) is 0 Å². The molecular weight excluding hydrogens is 504 g/mol. The molecule has 0 aromatic carbocycles. The lowest BCUT2D eigenvalue weighted by Crippen LogP contribution is -2.66. The van der Waals surface area contributed by atoms with Crippen LogP contribution in [0.4, 0.5) is 0 Å². The zero-order valence-corrected chi connectivity index (χ0v) is 25.3. The molecule has 0 radical (unpaired) electrons. The number of carbonyl (C=O) groups excluding carboxylic acids is 4. The Kier molecular flexibility index (Phi) is 6.21. The maximum Gasteiger partial charge on any atom is 0.312 e. The molecule has 5 rings (SSSR count). The molecule has 1 N–H and O–H groups in total. The summed E-state index contributed by atoms with van der Waals surface area (Å²) in [5.41, 5.74) is -2.81. The van der Waals surface area contributed by atoms with Gasteiger partial charge in [-0.25, -0.2) is 0 Å². The fraction of sp³-hybridized carbons (Fsp3) is 0.727. The van der Waals surface area contributed by atoms with Crippen LogP contribution in [0, 0.1) is 61.6 Å². The number of Topliss-reactive ketones (excluding diaryl/α,β-unsaturated/α-hetero) is 1. The van der Waals surface area contributed by atoms with E-state index in [0.29, 0.717) is 19.3 Å². The largest absolute Gasteiger partial charge is 0.469 e. The van der Waals surface area contributed by atoms with E-state index >= 15 is 0 Å². The van der Waals surface area contributed by atoms with Crippen LogP contribution in [0.5, 0.6) is 0 Å². The zero-order chi connectivity index (χ0) is 29.7. The minimum atomic E-state index is -1.41. The Morgan fingerprint density at radius 3 is 2.27 bits per heavy atom. The summed E-state index contributed by atoms with van der Waals surface area (Å²) in [5, 5.41) is 12.7. The van der Waals surface area contributed by atoms with E-state index in [1.54, 1.807) is 19.1 Å². The quantitative estimate of drug-likeness (QED) is 0.379. The Morgan fingerprint density at radius 2 is 1.68 bits per heavy atom. The number of fused-ring (bicyclic) bond motifs is 7. The van der Waals surface area contributed by atoms with E-state index in [2.05, 4.69) is 39.1 Å². The Bertz CT molecular complexity index is 1320. The van der Waals surface area contributed by atoms with Gasteiger partial charge in [0.05, 0.1) is 18.1 Å². The van der Waals surface area contributed by atoms with Crippen LogP contribution in [0.2, 0.25) is 0 Å². The monoisotopic (exact) mass is 548 g/mol. The molecule has 0 heterocycles. The molecule has 3 fully saturated rings. The van der Waals surface area contributed by atoms with Crippen molar-refractivity contribution < 1.29 is 23.9 Å². The lowest BCUT2D eigenvalue weighted by atomic mass is 9.34. The summed E-state index contributed by atoms with van der Waals surface area (Å²) in [5.74, 6) is -1.84. The van der Waals surface area contributed by atoms with Crippen molar-refractivity contribution in [1.82, 2.24) is 5.32 Å². The van der Waals surface area contributed by atoms with Gasteiger partial charge in [-0.2, -0.15) is 5.26 Å². The molecule has 0 unspecified atom stereocenters. The average molecular weight is 549 g/mol. The van der Waals surface area contributed by atoms with Gasteiger partial charge in [0.25, 0.3) is 0 Å². The first-order valence-corrected chi connectivity index (χ1v) is 14.8. The summed E-state index contributed by atoms with van der Waals surface area (Å²) in [4.78, 5) is 54.7. The van der Waals surface area contributed by atoms with Crippen molar-refractivity contribution in [3.63, 3.8) is 0 Å². The van der Waals surface area contributed by atoms with Crippen LogP contribution in [0.15, 0.2) is 23.3 Å². The smallest absolute Gasteiger partial charge is 0.312 e. The molecule has 1 amide bonds. The molecule has 0 aromatic rings. The van der Waals surface area contributed by atoms with Crippen molar-refractivity contribution in [1.29, 1.82) is 5.26 Å². The number of ether oxygens (including phenoxy) is 1. The highest BCUT2D eigenvalue weighted by Gasteiger charge is 2.72. The number of allylic oxidation sites excluding steroid dienone is 4. The number of carbonyl (C=O) groups is 4. The lowest BCUT2D eigenvalue weighted by molar-refractivity contribution is -0.191. The number of nitrogens with one attached hydrogen (secondary N) is 1. The van der Waals surface area contributed by atoms with E-state index in [1.165, 1.54) is 14.2 Å². The van der Waals surface area contributed by atoms with Crippen LogP contribution in [0.25, 0.3) is 0 Å². The first-order chi connectivity index (χ1) is 18.5. The minimum absolute atomic E-state index is 0.0126. The number of amides is 1. The molecule has 8 atom stereocenters. The molecule has 5 aliphatic carbocycles. The second-order valence-corrected chi connectivity index (χ2v) is 15.0. The Labute approximate surface area is 238 Å². The van der Waals surface area contributed by atoms with Crippen LogP contribution in [0.3, 0.4) is 0 Å². The van der Waals surface area contributed by atoms with E-state index in [4.69, 9.17) is 4.74 Å². The predicted octanol–water partition coefficient (Wildman–Crippen LogP) is 5.11. The normalized spacial score (nSPS) is 45.3. The van der Waals surface area contributed by atoms with E-state index in [1.807, 2.05) is 6.92 Å². The third kappa shape index (κ3) is 3.28. The summed E-state index contributed by atoms with van der Waals surface area (Å²) in [7, 11) is 2.98. The summed E-state index contributed by atoms with van der Waals surface area (Å²) in [6.07, 6.45) is 8.69. The topological polar surface area (TPSA) is 113 Å². The number of nitrogens with zero attached hydrogens (tertiary/aromatic N) is 1. The van der Waals surface area contributed by atoms with E-state index in [9.17, 15) is 24.4 Å². The number of hydrogen-bond donors (Lipinski definition) is 1. The highest BCUT2D eigenvalue weighted by molar-refractivity contribution is 6.16. The van der Waals surface area contributed by atoms with Crippen LogP contribution in [0.1, 0.15) is 86.5 Å². The lowest BCUT2D eigenvalue weighted by Gasteiger charge is -2.68.